The maximum Gasteiger partial charge on any atom is 0.254 e. The van der Waals surface area contributed by atoms with Gasteiger partial charge in [0.15, 0.2) is 0 Å². The van der Waals surface area contributed by atoms with E-state index in [0.29, 0.717) is 6.04 Å². The Kier molecular flexibility index (Phi) is 5.41. The van der Waals surface area contributed by atoms with Gasteiger partial charge in [-0.05, 0) is 51.0 Å². The highest BCUT2D eigenvalue weighted by Crippen LogP contribution is 2.23. The second kappa shape index (κ2) is 7.53. The summed E-state index contributed by atoms with van der Waals surface area (Å²) in [4.78, 5) is 17.4. The van der Waals surface area contributed by atoms with Crippen molar-refractivity contribution in [3.8, 4) is 5.75 Å². The van der Waals surface area contributed by atoms with Crippen LogP contribution >= 0.6 is 0 Å². The van der Waals surface area contributed by atoms with Crippen LogP contribution in [0, 0.1) is 0 Å². The van der Waals surface area contributed by atoms with E-state index >= 15 is 0 Å². The maximum absolute atomic E-state index is 12.9. The number of benzene rings is 1. The van der Waals surface area contributed by atoms with E-state index in [-0.39, 0.29) is 18.1 Å². The number of methoxy groups -OCH3 is 1. The van der Waals surface area contributed by atoms with Crippen molar-refractivity contribution in [1.29, 1.82) is 0 Å². The number of morpholine rings is 1. The molecule has 0 spiro atoms. The second-order valence-corrected chi connectivity index (χ2v) is 7.00. The van der Waals surface area contributed by atoms with Crippen molar-refractivity contribution in [2.24, 2.45) is 0 Å². The van der Waals surface area contributed by atoms with Gasteiger partial charge in [0.2, 0.25) is 0 Å². The SMILES string of the molecule is COc1ccc(C(=O)N2CCCC2CN2CC(C)OC(C)C2)cc1. The van der Waals surface area contributed by atoms with E-state index in [4.69, 9.17) is 9.47 Å². The number of carbonyl (C=O) groups excluding carboxylic acids is 1. The first kappa shape index (κ1) is 17.2. The Balaban J connectivity index is 1.64. The van der Waals surface area contributed by atoms with Gasteiger partial charge >= 0.3 is 0 Å². The van der Waals surface area contributed by atoms with Crippen LogP contribution in [0.4, 0.5) is 0 Å². The van der Waals surface area contributed by atoms with Gasteiger partial charge in [0.25, 0.3) is 5.91 Å². The predicted molar refractivity (Wildman–Crippen MR) is 93.5 cm³/mol. The Bertz CT molecular complexity index is 550. The third-order valence-electron chi connectivity index (χ3n) is 4.94. The largest absolute Gasteiger partial charge is 0.497 e. The molecule has 0 N–H and O–H groups in total. The van der Waals surface area contributed by atoms with Crippen molar-refractivity contribution < 1.29 is 14.3 Å². The smallest absolute Gasteiger partial charge is 0.254 e. The van der Waals surface area contributed by atoms with E-state index in [1.165, 1.54) is 0 Å². The molecule has 3 atom stereocenters. The molecule has 2 saturated heterocycles. The predicted octanol–water partition coefficient (Wildman–Crippen LogP) is 2.41. The summed E-state index contributed by atoms with van der Waals surface area (Å²) >= 11 is 0. The fourth-order valence-electron chi connectivity index (χ4n) is 3.92. The zero-order chi connectivity index (χ0) is 17.1. The number of ether oxygens (including phenoxy) is 2. The molecule has 0 saturated carbocycles. The van der Waals surface area contributed by atoms with Crippen molar-refractivity contribution in [2.75, 3.05) is 33.3 Å². The average Bonchev–Trinajstić information content (AvgIpc) is 3.01. The van der Waals surface area contributed by atoms with Crippen molar-refractivity contribution in [3.05, 3.63) is 29.8 Å². The van der Waals surface area contributed by atoms with E-state index in [1.807, 2.05) is 29.2 Å². The lowest BCUT2D eigenvalue weighted by atomic mass is 10.1. The monoisotopic (exact) mass is 332 g/mol. The lowest BCUT2D eigenvalue weighted by Crippen LogP contribution is -2.50. The van der Waals surface area contributed by atoms with Crippen LogP contribution in [0.25, 0.3) is 0 Å². The van der Waals surface area contributed by atoms with Gasteiger partial charge in [0, 0.05) is 37.8 Å². The van der Waals surface area contributed by atoms with Crippen molar-refractivity contribution in [1.82, 2.24) is 9.80 Å². The van der Waals surface area contributed by atoms with E-state index in [2.05, 4.69) is 18.7 Å². The molecule has 2 aliphatic rings. The molecule has 5 nitrogen and oxygen atoms in total. The highest BCUT2D eigenvalue weighted by molar-refractivity contribution is 5.94. The molecular formula is C19H28N2O3. The molecule has 0 bridgehead atoms. The molecule has 1 amide bonds. The van der Waals surface area contributed by atoms with Crippen LogP contribution < -0.4 is 4.74 Å². The molecule has 2 fully saturated rings. The first-order chi connectivity index (χ1) is 11.6. The normalized spacial score (nSPS) is 28.1. The molecule has 0 aliphatic carbocycles. The third-order valence-corrected chi connectivity index (χ3v) is 4.94. The van der Waals surface area contributed by atoms with Crippen LogP contribution in [-0.4, -0.2) is 67.2 Å². The van der Waals surface area contributed by atoms with Gasteiger partial charge in [-0.15, -0.1) is 0 Å². The summed E-state index contributed by atoms with van der Waals surface area (Å²) in [5.74, 6) is 0.912. The molecule has 5 heteroatoms. The Labute approximate surface area is 144 Å². The molecule has 1 aromatic carbocycles. The van der Waals surface area contributed by atoms with Crippen LogP contribution in [0.1, 0.15) is 37.0 Å². The number of amides is 1. The summed E-state index contributed by atoms with van der Waals surface area (Å²) in [5, 5.41) is 0. The van der Waals surface area contributed by atoms with Gasteiger partial charge in [0.05, 0.1) is 19.3 Å². The Morgan fingerprint density at radius 1 is 1.21 bits per heavy atom. The van der Waals surface area contributed by atoms with E-state index in [1.54, 1.807) is 7.11 Å². The highest BCUT2D eigenvalue weighted by Gasteiger charge is 2.32. The van der Waals surface area contributed by atoms with E-state index in [9.17, 15) is 4.79 Å². The van der Waals surface area contributed by atoms with Gasteiger partial charge in [0.1, 0.15) is 5.75 Å². The van der Waals surface area contributed by atoms with Crippen molar-refractivity contribution in [2.45, 2.75) is 44.9 Å². The zero-order valence-electron chi connectivity index (χ0n) is 14.9. The fourth-order valence-corrected chi connectivity index (χ4v) is 3.92. The molecule has 0 aromatic heterocycles. The van der Waals surface area contributed by atoms with Gasteiger partial charge in [-0.25, -0.2) is 0 Å². The van der Waals surface area contributed by atoms with Gasteiger partial charge in [-0.3, -0.25) is 9.69 Å². The average molecular weight is 332 g/mol. The summed E-state index contributed by atoms with van der Waals surface area (Å²) in [6, 6.07) is 7.72. The molecule has 0 radical (unpaired) electrons. The molecule has 1 aromatic rings. The molecule has 132 valence electrons. The van der Waals surface area contributed by atoms with Gasteiger partial charge < -0.3 is 14.4 Å². The molecule has 3 rings (SSSR count). The van der Waals surface area contributed by atoms with Crippen LogP contribution in [0.3, 0.4) is 0 Å². The van der Waals surface area contributed by atoms with Gasteiger partial charge in [-0.1, -0.05) is 0 Å². The van der Waals surface area contributed by atoms with E-state index < -0.39 is 0 Å². The van der Waals surface area contributed by atoms with Crippen LogP contribution in [0.15, 0.2) is 24.3 Å². The number of nitrogens with zero attached hydrogens (tertiary/aromatic N) is 2. The number of hydrogen-bond acceptors (Lipinski definition) is 4. The first-order valence-electron chi connectivity index (χ1n) is 8.89. The van der Waals surface area contributed by atoms with Crippen LogP contribution in [0.2, 0.25) is 0 Å². The standard InChI is InChI=1S/C19H28N2O3/c1-14-11-20(12-15(2)24-14)13-17-5-4-10-21(17)19(22)16-6-8-18(23-3)9-7-16/h6-9,14-15,17H,4-5,10-13H2,1-3H3. The zero-order valence-corrected chi connectivity index (χ0v) is 14.9. The Hall–Kier alpha value is -1.59. The fraction of sp³-hybridized carbons (Fsp3) is 0.632. The lowest BCUT2D eigenvalue weighted by Gasteiger charge is -2.38. The molecule has 24 heavy (non-hydrogen) atoms. The summed E-state index contributed by atoms with van der Waals surface area (Å²) in [5.41, 5.74) is 0.742. The highest BCUT2D eigenvalue weighted by atomic mass is 16.5. The topological polar surface area (TPSA) is 42.0 Å². The molecule has 3 unspecified atom stereocenters. The summed E-state index contributed by atoms with van der Waals surface area (Å²) in [6.07, 6.45) is 2.70. The maximum atomic E-state index is 12.9. The van der Waals surface area contributed by atoms with Crippen LogP contribution in [0.5, 0.6) is 5.75 Å². The molecular weight excluding hydrogens is 304 g/mol. The Morgan fingerprint density at radius 2 is 1.88 bits per heavy atom. The quantitative estimate of drug-likeness (QED) is 0.849. The number of likely N-dealkylation sites (tertiary alicyclic amines) is 1. The summed E-state index contributed by atoms with van der Waals surface area (Å²) in [6.45, 7) is 7.94. The Morgan fingerprint density at radius 3 is 2.50 bits per heavy atom. The second-order valence-electron chi connectivity index (χ2n) is 7.00. The molecule has 2 heterocycles. The minimum absolute atomic E-state index is 0.134. The van der Waals surface area contributed by atoms with Crippen molar-refractivity contribution >= 4 is 5.91 Å². The third kappa shape index (κ3) is 3.90. The van der Waals surface area contributed by atoms with E-state index in [0.717, 1.165) is 50.3 Å². The molecule has 2 aliphatic heterocycles. The number of carbonyl (C=O) groups is 1. The minimum Gasteiger partial charge on any atom is -0.497 e. The number of hydrogen-bond donors (Lipinski definition) is 0. The lowest BCUT2D eigenvalue weighted by molar-refractivity contribution is -0.0715. The first-order valence-corrected chi connectivity index (χ1v) is 8.89. The summed E-state index contributed by atoms with van der Waals surface area (Å²) < 4.78 is 11.0. The number of rotatable bonds is 4. The van der Waals surface area contributed by atoms with Crippen molar-refractivity contribution in [3.63, 3.8) is 0 Å². The minimum atomic E-state index is 0.134. The van der Waals surface area contributed by atoms with Gasteiger partial charge in [-0.2, -0.15) is 0 Å². The van der Waals surface area contributed by atoms with Crippen LogP contribution in [-0.2, 0) is 4.74 Å². The summed E-state index contributed by atoms with van der Waals surface area (Å²) in [7, 11) is 1.64.